The van der Waals surface area contributed by atoms with Gasteiger partial charge in [-0.3, -0.25) is 0 Å². The highest BCUT2D eigenvalue weighted by atomic mass is 16.5. The van der Waals surface area contributed by atoms with Crippen LogP contribution in [0.4, 0.5) is 5.82 Å². The number of likely N-dealkylation sites (N-methyl/N-ethyl adjacent to an activating group) is 1. The Hall–Kier alpha value is -1.29. The van der Waals surface area contributed by atoms with E-state index in [1.807, 2.05) is 32.2 Å². The maximum absolute atomic E-state index is 5.80. The third-order valence-corrected chi connectivity index (χ3v) is 3.43. The lowest BCUT2D eigenvalue weighted by molar-refractivity contribution is 0.224. The zero-order valence-corrected chi connectivity index (χ0v) is 12.2. The molecule has 0 aromatic carbocycles. The summed E-state index contributed by atoms with van der Waals surface area (Å²) < 4.78 is 5.80. The molecule has 1 atom stereocenters. The fourth-order valence-corrected chi connectivity index (χ4v) is 2.50. The van der Waals surface area contributed by atoms with Crippen LogP contribution in [0.25, 0.3) is 0 Å². The Morgan fingerprint density at radius 2 is 2.37 bits per heavy atom. The van der Waals surface area contributed by atoms with Gasteiger partial charge in [-0.15, -0.1) is 0 Å². The Morgan fingerprint density at radius 3 is 3.11 bits per heavy atom. The third kappa shape index (κ3) is 4.10. The van der Waals surface area contributed by atoms with E-state index in [4.69, 9.17) is 4.74 Å². The van der Waals surface area contributed by atoms with Crippen molar-refractivity contribution >= 4 is 5.82 Å². The van der Waals surface area contributed by atoms with Gasteiger partial charge in [0.25, 0.3) is 0 Å². The van der Waals surface area contributed by atoms with E-state index in [1.54, 1.807) is 0 Å². The van der Waals surface area contributed by atoms with Crippen molar-refractivity contribution in [1.29, 1.82) is 0 Å². The van der Waals surface area contributed by atoms with E-state index in [9.17, 15) is 0 Å². The lowest BCUT2D eigenvalue weighted by atomic mass is 10.1. The topological polar surface area (TPSA) is 37.4 Å². The normalized spacial score (nSPS) is 20.5. The SMILES string of the molecule is CCN1CCCC(Nc2ncccc2OC(C)C)C1. The summed E-state index contributed by atoms with van der Waals surface area (Å²) in [5.74, 6) is 1.73. The maximum atomic E-state index is 5.80. The van der Waals surface area contributed by atoms with Crippen molar-refractivity contribution in [3.05, 3.63) is 18.3 Å². The van der Waals surface area contributed by atoms with E-state index in [1.165, 1.54) is 19.4 Å². The Kier molecular flexibility index (Phi) is 5.02. The molecule has 0 bridgehead atoms. The Morgan fingerprint density at radius 1 is 1.53 bits per heavy atom. The molecule has 1 aromatic heterocycles. The second kappa shape index (κ2) is 6.75. The average Bonchev–Trinajstić information content (AvgIpc) is 2.41. The number of ether oxygens (including phenoxy) is 1. The molecule has 2 heterocycles. The molecule has 0 radical (unpaired) electrons. The summed E-state index contributed by atoms with van der Waals surface area (Å²) >= 11 is 0. The van der Waals surface area contributed by atoms with Gasteiger partial charge in [0.15, 0.2) is 11.6 Å². The largest absolute Gasteiger partial charge is 0.487 e. The van der Waals surface area contributed by atoms with Crippen molar-refractivity contribution in [3.63, 3.8) is 0 Å². The molecule has 1 aromatic rings. The van der Waals surface area contributed by atoms with Gasteiger partial charge in [-0.2, -0.15) is 0 Å². The Labute approximate surface area is 116 Å². The first-order valence-corrected chi connectivity index (χ1v) is 7.29. The molecule has 4 heteroatoms. The molecule has 19 heavy (non-hydrogen) atoms. The minimum Gasteiger partial charge on any atom is -0.487 e. The van der Waals surface area contributed by atoms with Crippen LogP contribution in [0.1, 0.15) is 33.6 Å². The number of pyridine rings is 1. The lowest BCUT2D eigenvalue weighted by Crippen LogP contribution is -2.42. The number of piperidine rings is 1. The lowest BCUT2D eigenvalue weighted by Gasteiger charge is -2.32. The van der Waals surface area contributed by atoms with E-state index < -0.39 is 0 Å². The second-order valence-corrected chi connectivity index (χ2v) is 5.39. The summed E-state index contributed by atoms with van der Waals surface area (Å²) in [5, 5.41) is 3.54. The number of hydrogen-bond acceptors (Lipinski definition) is 4. The molecule has 0 saturated carbocycles. The first kappa shape index (κ1) is 14.1. The third-order valence-electron chi connectivity index (χ3n) is 3.43. The van der Waals surface area contributed by atoms with Crippen LogP contribution >= 0.6 is 0 Å². The number of anilines is 1. The van der Waals surface area contributed by atoms with E-state index in [0.29, 0.717) is 6.04 Å². The van der Waals surface area contributed by atoms with Crippen LogP contribution in [0.5, 0.6) is 5.75 Å². The van der Waals surface area contributed by atoms with Crippen molar-refractivity contribution in [1.82, 2.24) is 9.88 Å². The molecule has 0 aliphatic carbocycles. The predicted molar refractivity (Wildman–Crippen MR) is 78.8 cm³/mol. The van der Waals surface area contributed by atoms with Crippen LogP contribution in [-0.4, -0.2) is 41.7 Å². The molecule has 0 amide bonds. The second-order valence-electron chi connectivity index (χ2n) is 5.39. The van der Waals surface area contributed by atoms with Crippen molar-refractivity contribution in [2.24, 2.45) is 0 Å². The zero-order chi connectivity index (χ0) is 13.7. The highest BCUT2D eigenvalue weighted by Gasteiger charge is 2.20. The van der Waals surface area contributed by atoms with E-state index in [2.05, 4.69) is 22.1 Å². The Balaban J connectivity index is 2.01. The van der Waals surface area contributed by atoms with Gasteiger partial charge in [-0.1, -0.05) is 6.92 Å². The van der Waals surface area contributed by atoms with Crippen LogP contribution in [0.15, 0.2) is 18.3 Å². The van der Waals surface area contributed by atoms with Gasteiger partial charge in [-0.05, 0) is 51.9 Å². The summed E-state index contributed by atoms with van der Waals surface area (Å²) in [7, 11) is 0. The fraction of sp³-hybridized carbons (Fsp3) is 0.667. The van der Waals surface area contributed by atoms with Crippen molar-refractivity contribution in [2.75, 3.05) is 25.0 Å². The molecular formula is C15H25N3O. The molecule has 1 aliphatic heterocycles. The monoisotopic (exact) mass is 263 g/mol. The van der Waals surface area contributed by atoms with Gasteiger partial charge in [0, 0.05) is 18.8 Å². The molecule has 4 nitrogen and oxygen atoms in total. The number of nitrogens with one attached hydrogen (secondary N) is 1. The van der Waals surface area contributed by atoms with Crippen molar-refractivity contribution in [3.8, 4) is 5.75 Å². The first-order chi connectivity index (χ1) is 9.19. The van der Waals surface area contributed by atoms with Gasteiger partial charge >= 0.3 is 0 Å². The number of rotatable bonds is 5. The van der Waals surface area contributed by atoms with E-state index in [-0.39, 0.29) is 6.10 Å². The molecular weight excluding hydrogens is 238 g/mol. The molecule has 106 valence electrons. The van der Waals surface area contributed by atoms with Crippen LogP contribution in [0.3, 0.4) is 0 Å². The number of nitrogens with zero attached hydrogens (tertiary/aromatic N) is 2. The standard InChI is InChI=1S/C15H25N3O/c1-4-18-10-6-7-13(11-18)17-15-14(19-12(2)3)8-5-9-16-15/h5,8-9,12-13H,4,6-7,10-11H2,1-3H3,(H,16,17). The van der Waals surface area contributed by atoms with Crippen molar-refractivity contribution in [2.45, 2.75) is 45.8 Å². The van der Waals surface area contributed by atoms with Crippen LogP contribution in [0, 0.1) is 0 Å². The summed E-state index contributed by atoms with van der Waals surface area (Å²) in [6, 6.07) is 4.37. The minimum atomic E-state index is 0.170. The average molecular weight is 263 g/mol. The number of likely N-dealkylation sites (tertiary alicyclic amines) is 1. The van der Waals surface area contributed by atoms with Crippen LogP contribution < -0.4 is 10.1 Å². The molecule has 1 aliphatic rings. The van der Waals surface area contributed by atoms with Gasteiger partial charge in [0.2, 0.25) is 0 Å². The van der Waals surface area contributed by atoms with Crippen molar-refractivity contribution < 1.29 is 4.74 Å². The highest BCUT2D eigenvalue weighted by molar-refractivity contribution is 5.50. The smallest absolute Gasteiger partial charge is 0.169 e. The van der Waals surface area contributed by atoms with Gasteiger partial charge in [0.05, 0.1) is 6.10 Å². The number of aromatic nitrogens is 1. The minimum absolute atomic E-state index is 0.170. The predicted octanol–water partition coefficient (Wildman–Crippen LogP) is 2.77. The van der Waals surface area contributed by atoms with Crippen LogP contribution in [0.2, 0.25) is 0 Å². The highest BCUT2D eigenvalue weighted by Crippen LogP contribution is 2.24. The molecule has 1 saturated heterocycles. The first-order valence-electron chi connectivity index (χ1n) is 7.29. The molecule has 1 unspecified atom stereocenters. The molecule has 1 fully saturated rings. The van der Waals surface area contributed by atoms with E-state index >= 15 is 0 Å². The molecule has 0 spiro atoms. The van der Waals surface area contributed by atoms with Gasteiger partial charge in [-0.25, -0.2) is 4.98 Å². The molecule has 1 N–H and O–H groups in total. The maximum Gasteiger partial charge on any atom is 0.169 e. The quantitative estimate of drug-likeness (QED) is 0.886. The number of hydrogen-bond donors (Lipinski definition) is 1. The van der Waals surface area contributed by atoms with E-state index in [0.717, 1.165) is 24.7 Å². The molecule has 2 rings (SSSR count). The van der Waals surface area contributed by atoms with Gasteiger partial charge in [0.1, 0.15) is 0 Å². The Bertz CT molecular complexity index is 395. The summed E-state index contributed by atoms with van der Waals surface area (Å²) in [4.78, 5) is 6.90. The summed E-state index contributed by atoms with van der Waals surface area (Å²) in [6.45, 7) is 9.72. The summed E-state index contributed by atoms with van der Waals surface area (Å²) in [5.41, 5.74) is 0. The zero-order valence-electron chi connectivity index (χ0n) is 12.2. The fourth-order valence-electron chi connectivity index (χ4n) is 2.50. The van der Waals surface area contributed by atoms with Gasteiger partial charge < -0.3 is 15.0 Å². The van der Waals surface area contributed by atoms with Crippen LogP contribution in [-0.2, 0) is 0 Å². The summed E-state index contributed by atoms with van der Waals surface area (Å²) in [6.07, 6.45) is 4.44.